The molecule has 1 atom stereocenters. The summed E-state index contributed by atoms with van der Waals surface area (Å²) in [6.07, 6.45) is 0.562. The molecular weight excluding hydrogens is 546 g/mol. The third-order valence-electron chi connectivity index (χ3n) is 6.01. The summed E-state index contributed by atoms with van der Waals surface area (Å²) in [6, 6.07) is 27.3. The molecule has 40 heavy (non-hydrogen) atoms. The van der Waals surface area contributed by atoms with Gasteiger partial charge in [0.1, 0.15) is 5.76 Å². The molecule has 0 spiro atoms. The summed E-state index contributed by atoms with van der Waals surface area (Å²) in [7, 11) is -3.86. The molecule has 3 N–H and O–H groups in total. The molecule has 2 heterocycles. The van der Waals surface area contributed by atoms with Crippen LogP contribution in [0.25, 0.3) is 22.5 Å². The number of benzene rings is 3. The van der Waals surface area contributed by atoms with Crippen LogP contribution in [0.5, 0.6) is 0 Å². The van der Waals surface area contributed by atoms with E-state index in [4.69, 9.17) is 9.51 Å². The molecule has 2 aromatic heterocycles. The van der Waals surface area contributed by atoms with Gasteiger partial charge in [0.2, 0.25) is 5.91 Å². The van der Waals surface area contributed by atoms with Gasteiger partial charge in [-0.05, 0) is 37.6 Å². The first-order valence-corrected chi connectivity index (χ1v) is 14.9. The standard InChI is InChI=1S/C29H27N5O4S2/c1-3-24(28(35)30-22-14-16-23(17-15-22)40(36,37)34-25-18-19(2)38-33-25)39-29-31-26(20-10-6-4-7-11-20)27(32-29)21-12-8-5-9-13-21/h4-18,24H,3H2,1-2H3,(H,30,35)(H,31,32)(H,33,34). The first-order valence-electron chi connectivity index (χ1n) is 12.6. The highest BCUT2D eigenvalue weighted by Gasteiger charge is 2.23. The molecule has 0 radical (unpaired) electrons. The molecule has 0 bridgehead atoms. The van der Waals surface area contributed by atoms with Gasteiger partial charge in [-0.1, -0.05) is 84.5 Å². The lowest BCUT2D eigenvalue weighted by Gasteiger charge is -2.14. The number of nitrogens with one attached hydrogen (secondary N) is 3. The van der Waals surface area contributed by atoms with Crippen molar-refractivity contribution in [3.63, 3.8) is 0 Å². The van der Waals surface area contributed by atoms with Crippen LogP contribution >= 0.6 is 11.8 Å². The number of thioether (sulfide) groups is 1. The number of hydrogen-bond acceptors (Lipinski definition) is 7. The van der Waals surface area contributed by atoms with Gasteiger partial charge in [-0.15, -0.1) is 0 Å². The lowest BCUT2D eigenvalue weighted by atomic mass is 10.1. The Labute approximate surface area is 236 Å². The lowest BCUT2D eigenvalue weighted by molar-refractivity contribution is -0.115. The normalized spacial score (nSPS) is 12.2. The summed E-state index contributed by atoms with van der Waals surface area (Å²) >= 11 is 1.35. The molecule has 11 heteroatoms. The van der Waals surface area contributed by atoms with Crippen molar-refractivity contribution in [1.29, 1.82) is 0 Å². The number of aryl methyl sites for hydroxylation is 1. The van der Waals surface area contributed by atoms with E-state index in [1.807, 2.05) is 67.6 Å². The Balaban J connectivity index is 1.30. The maximum atomic E-state index is 13.2. The fourth-order valence-corrected chi connectivity index (χ4v) is 5.93. The van der Waals surface area contributed by atoms with E-state index in [0.717, 1.165) is 22.5 Å². The van der Waals surface area contributed by atoms with Crippen LogP contribution in [0.2, 0.25) is 0 Å². The Morgan fingerprint density at radius 2 is 1.62 bits per heavy atom. The lowest BCUT2D eigenvalue weighted by Crippen LogP contribution is -2.24. The molecule has 9 nitrogen and oxygen atoms in total. The number of carbonyl (C=O) groups is 1. The molecule has 0 aliphatic rings. The first-order chi connectivity index (χ1) is 19.3. The number of imidazole rings is 1. The molecule has 3 aromatic carbocycles. The number of rotatable bonds is 10. The summed E-state index contributed by atoms with van der Waals surface area (Å²) in [4.78, 5) is 21.5. The molecule has 0 saturated carbocycles. The minimum atomic E-state index is -3.86. The zero-order chi connectivity index (χ0) is 28.1. The summed E-state index contributed by atoms with van der Waals surface area (Å²) < 4.78 is 32.6. The molecule has 5 aromatic rings. The van der Waals surface area contributed by atoms with Crippen LogP contribution in [0.15, 0.2) is 106 Å². The number of aromatic nitrogens is 3. The van der Waals surface area contributed by atoms with Gasteiger partial charge in [-0.3, -0.25) is 9.52 Å². The van der Waals surface area contributed by atoms with Crippen LogP contribution < -0.4 is 10.0 Å². The molecule has 0 aliphatic carbocycles. The van der Waals surface area contributed by atoms with Crippen molar-refractivity contribution in [1.82, 2.24) is 15.1 Å². The summed E-state index contributed by atoms with van der Waals surface area (Å²) in [5, 5.41) is 6.74. The van der Waals surface area contributed by atoms with E-state index in [1.165, 1.54) is 30.0 Å². The molecule has 1 amide bonds. The topological polar surface area (TPSA) is 130 Å². The van der Waals surface area contributed by atoms with Crippen molar-refractivity contribution in [2.24, 2.45) is 0 Å². The number of H-pyrrole nitrogens is 1. The van der Waals surface area contributed by atoms with Crippen LogP contribution in [0.3, 0.4) is 0 Å². The fraction of sp³-hybridized carbons (Fsp3) is 0.138. The van der Waals surface area contributed by atoms with E-state index < -0.39 is 15.3 Å². The number of amides is 1. The number of sulfonamides is 1. The van der Waals surface area contributed by atoms with E-state index in [9.17, 15) is 13.2 Å². The van der Waals surface area contributed by atoms with E-state index >= 15 is 0 Å². The van der Waals surface area contributed by atoms with Gasteiger partial charge in [0.25, 0.3) is 10.0 Å². The highest BCUT2D eigenvalue weighted by molar-refractivity contribution is 8.00. The van der Waals surface area contributed by atoms with Crippen LogP contribution in [-0.4, -0.2) is 34.7 Å². The van der Waals surface area contributed by atoms with E-state index in [2.05, 4.69) is 20.2 Å². The minimum Gasteiger partial charge on any atom is -0.360 e. The Hall–Kier alpha value is -4.35. The maximum Gasteiger partial charge on any atom is 0.263 e. The van der Waals surface area contributed by atoms with Crippen molar-refractivity contribution in [2.45, 2.75) is 35.6 Å². The smallest absolute Gasteiger partial charge is 0.263 e. The van der Waals surface area contributed by atoms with Gasteiger partial charge in [-0.2, -0.15) is 0 Å². The second kappa shape index (κ2) is 11.8. The Kier molecular flexibility index (Phi) is 8.04. The molecular formula is C29H27N5O4S2. The Morgan fingerprint density at radius 3 is 2.23 bits per heavy atom. The van der Waals surface area contributed by atoms with Crippen molar-refractivity contribution >= 4 is 39.2 Å². The summed E-state index contributed by atoms with van der Waals surface area (Å²) in [6.45, 7) is 3.60. The SMILES string of the molecule is CCC(Sc1nc(-c2ccccc2)c(-c2ccccc2)[nH]1)C(=O)Nc1ccc(S(=O)(=O)Nc2cc(C)on2)cc1. The molecule has 0 fully saturated rings. The third-order valence-corrected chi connectivity index (χ3v) is 8.63. The number of aromatic amines is 1. The van der Waals surface area contributed by atoms with E-state index in [-0.39, 0.29) is 16.6 Å². The van der Waals surface area contributed by atoms with Crippen molar-refractivity contribution in [3.8, 4) is 22.5 Å². The quantitative estimate of drug-likeness (QED) is 0.166. The molecule has 0 aliphatic heterocycles. The second-order valence-electron chi connectivity index (χ2n) is 8.95. The van der Waals surface area contributed by atoms with Crippen molar-refractivity contribution in [2.75, 3.05) is 10.0 Å². The molecule has 1 unspecified atom stereocenters. The van der Waals surface area contributed by atoms with Crippen LogP contribution in [-0.2, 0) is 14.8 Å². The Bertz CT molecular complexity index is 1640. The Morgan fingerprint density at radius 1 is 0.975 bits per heavy atom. The number of anilines is 2. The van der Waals surface area contributed by atoms with Gasteiger partial charge < -0.3 is 14.8 Å². The predicted octanol–water partition coefficient (Wildman–Crippen LogP) is 6.35. The van der Waals surface area contributed by atoms with Crippen LogP contribution in [0.1, 0.15) is 19.1 Å². The average molecular weight is 574 g/mol. The molecule has 204 valence electrons. The number of hydrogen-bond donors (Lipinski definition) is 3. The first kappa shape index (κ1) is 27.2. The maximum absolute atomic E-state index is 13.2. The number of nitrogens with zero attached hydrogens (tertiary/aromatic N) is 2. The fourth-order valence-electron chi connectivity index (χ4n) is 4.03. The van der Waals surface area contributed by atoms with E-state index in [1.54, 1.807) is 19.1 Å². The monoisotopic (exact) mass is 573 g/mol. The zero-order valence-corrected chi connectivity index (χ0v) is 23.4. The summed E-state index contributed by atoms with van der Waals surface area (Å²) in [5.74, 6) is 0.376. The van der Waals surface area contributed by atoms with Gasteiger partial charge in [0, 0.05) is 22.9 Å². The van der Waals surface area contributed by atoms with Gasteiger partial charge in [0.15, 0.2) is 11.0 Å². The predicted molar refractivity (Wildman–Crippen MR) is 157 cm³/mol. The largest absolute Gasteiger partial charge is 0.360 e. The highest BCUT2D eigenvalue weighted by atomic mass is 32.2. The minimum absolute atomic E-state index is 0.0324. The molecule has 0 saturated heterocycles. The third kappa shape index (κ3) is 6.27. The summed E-state index contributed by atoms with van der Waals surface area (Å²) in [5.41, 5.74) is 4.16. The van der Waals surface area contributed by atoms with Crippen molar-refractivity contribution < 1.29 is 17.7 Å². The van der Waals surface area contributed by atoms with E-state index in [0.29, 0.717) is 23.0 Å². The average Bonchev–Trinajstić information content (AvgIpc) is 3.58. The van der Waals surface area contributed by atoms with Gasteiger partial charge >= 0.3 is 0 Å². The van der Waals surface area contributed by atoms with Gasteiger partial charge in [0.05, 0.1) is 21.5 Å². The van der Waals surface area contributed by atoms with Gasteiger partial charge in [-0.25, -0.2) is 13.4 Å². The van der Waals surface area contributed by atoms with Crippen LogP contribution in [0, 0.1) is 6.92 Å². The zero-order valence-electron chi connectivity index (χ0n) is 21.8. The second-order valence-corrected chi connectivity index (χ2v) is 11.8. The van der Waals surface area contributed by atoms with Crippen molar-refractivity contribution in [3.05, 3.63) is 96.8 Å². The van der Waals surface area contributed by atoms with Crippen LogP contribution in [0.4, 0.5) is 11.5 Å². The highest BCUT2D eigenvalue weighted by Crippen LogP contribution is 2.34. The number of carbonyl (C=O) groups excluding carboxylic acids is 1. The molecule has 5 rings (SSSR count).